The number of rotatable bonds is 8. The van der Waals surface area contributed by atoms with Crippen molar-refractivity contribution in [2.45, 2.75) is 46.1 Å². The zero-order chi connectivity index (χ0) is 20.8. The molecule has 28 heavy (non-hydrogen) atoms. The number of benzene rings is 1. The van der Waals surface area contributed by atoms with Gasteiger partial charge in [-0.1, -0.05) is 49.9 Å². The lowest BCUT2D eigenvalue weighted by molar-refractivity contribution is 0.0986. The van der Waals surface area contributed by atoms with Crippen LogP contribution in [0, 0.1) is 0 Å². The van der Waals surface area contributed by atoms with Crippen molar-refractivity contribution in [1.29, 1.82) is 0 Å². The third-order valence-electron chi connectivity index (χ3n) is 4.37. The number of nitrogens with one attached hydrogen (secondary N) is 1. The zero-order valence-electron chi connectivity index (χ0n) is 15.9. The first-order chi connectivity index (χ1) is 13.3. The van der Waals surface area contributed by atoms with Crippen molar-refractivity contribution in [3.8, 4) is 0 Å². The van der Waals surface area contributed by atoms with Gasteiger partial charge in [0.05, 0.1) is 10.0 Å². The monoisotopic (exact) mass is 426 g/mol. The molecule has 1 aromatic heterocycles. The van der Waals surface area contributed by atoms with E-state index in [1.54, 1.807) is 0 Å². The molecule has 0 aliphatic carbocycles. The minimum absolute atomic E-state index is 0.0216. The molecule has 0 aliphatic heterocycles. The topological polar surface area (TPSA) is 101 Å². The average Bonchev–Trinajstić information content (AvgIpc) is 2.65. The summed E-state index contributed by atoms with van der Waals surface area (Å²) >= 11 is 12.0. The molecule has 1 aromatic carbocycles. The fraction of sp³-hybridized carbons (Fsp3) is 0.421. The third-order valence-corrected chi connectivity index (χ3v) is 5.11. The number of nitrogens with zero attached hydrogens (tertiary/aromatic N) is 2. The van der Waals surface area contributed by atoms with Crippen molar-refractivity contribution < 1.29 is 4.79 Å². The summed E-state index contributed by atoms with van der Waals surface area (Å²) in [6.45, 7) is 4.58. The summed E-state index contributed by atoms with van der Waals surface area (Å²) in [6.07, 6.45) is 3.02. The molecule has 2 rings (SSSR count). The maximum absolute atomic E-state index is 13.2. The number of carbonyl (C=O) groups is 1. The van der Waals surface area contributed by atoms with Crippen LogP contribution in [-0.4, -0.2) is 22.0 Å². The molecule has 7 nitrogen and oxygen atoms in total. The third kappa shape index (κ3) is 4.77. The van der Waals surface area contributed by atoms with E-state index in [9.17, 15) is 14.4 Å². The fourth-order valence-corrected chi connectivity index (χ4v) is 3.09. The first kappa shape index (κ1) is 22.0. The molecule has 0 saturated heterocycles. The number of H-pyrrole nitrogens is 1. The van der Waals surface area contributed by atoms with Crippen LogP contribution in [0.1, 0.15) is 49.9 Å². The van der Waals surface area contributed by atoms with Gasteiger partial charge in [-0.05, 0) is 31.0 Å². The van der Waals surface area contributed by atoms with Gasteiger partial charge in [-0.3, -0.25) is 19.1 Å². The number of anilines is 2. The van der Waals surface area contributed by atoms with Crippen LogP contribution in [0.3, 0.4) is 0 Å². The van der Waals surface area contributed by atoms with Crippen LogP contribution in [0.15, 0.2) is 27.8 Å². The molecule has 0 saturated carbocycles. The van der Waals surface area contributed by atoms with E-state index in [1.807, 2.05) is 13.8 Å². The Bertz CT molecular complexity index is 969. The first-order valence-corrected chi connectivity index (χ1v) is 9.96. The Morgan fingerprint density at radius 1 is 1.14 bits per heavy atom. The van der Waals surface area contributed by atoms with E-state index in [4.69, 9.17) is 28.9 Å². The Hall–Kier alpha value is -2.25. The fourth-order valence-electron chi connectivity index (χ4n) is 2.79. The predicted octanol–water partition coefficient (Wildman–Crippen LogP) is 3.67. The Balaban J connectivity index is 2.59. The number of carbonyl (C=O) groups excluding carboxylic acids is 1. The van der Waals surface area contributed by atoms with E-state index in [2.05, 4.69) is 4.98 Å². The molecule has 9 heteroatoms. The molecular weight excluding hydrogens is 403 g/mol. The van der Waals surface area contributed by atoms with Crippen LogP contribution in [-0.2, 0) is 6.54 Å². The van der Waals surface area contributed by atoms with Crippen molar-refractivity contribution in [1.82, 2.24) is 9.55 Å². The van der Waals surface area contributed by atoms with Crippen LogP contribution < -0.4 is 21.9 Å². The number of halogens is 2. The van der Waals surface area contributed by atoms with Gasteiger partial charge in [-0.25, -0.2) is 4.79 Å². The van der Waals surface area contributed by atoms with Gasteiger partial charge in [0.25, 0.3) is 11.5 Å². The predicted molar refractivity (Wildman–Crippen MR) is 114 cm³/mol. The number of nitrogen functional groups attached to an aromatic ring is 1. The van der Waals surface area contributed by atoms with E-state index < -0.39 is 17.2 Å². The van der Waals surface area contributed by atoms with Gasteiger partial charge in [-0.15, -0.1) is 0 Å². The highest BCUT2D eigenvalue weighted by atomic mass is 35.5. The van der Waals surface area contributed by atoms with Gasteiger partial charge in [-0.2, -0.15) is 0 Å². The molecule has 2 aromatic rings. The molecule has 1 amide bonds. The second-order valence-electron chi connectivity index (χ2n) is 6.44. The molecule has 0 atom stereocenters. The zero-order valence-corrected chi connectivity index (χ0v) is 17.4. The summed E-state index contributed by atoms with van der Waals surface area (Å²) in [5.74, 6) is -0.461. The van der Waals surface area contributed by atoms with Gasteiger partial charge in [0.2, 0.25) is 0 Å². The highest BCUT2D eigenvalue weighted by Crippen LogP contribution is 2.25. The molecule has 0 spiro atoms. The second kappa shape index (κ2) is 9.80. The highest BCUT2D eigenvalue weighted by molar-refractivity contribution is 6.42. The van der Waals surface area contributed by atoms with Crippen LogP contribution in [0.2, 0.25) is 10.0 Å². The van der Waals surface area contributed by atoms with Gasteiger partial charge < -0.3 is 10.6 Å². The smallest absolute Gasteiger partial charge is 0.330 e. The lowest BCUT2D eigenvalue weighted by Crippen LogP contribution is -2.41. The van der Waals surface area contributed by atoms with Crippen molar-refractivity contribution in [3.05, 3.63) is 54.6 Å². The van der Waals surface area contributed by atoms with Crippen LogP contribution >= 0.6 is 23.2 Å². The lowest BCUT2D eigenvalue weighted by Gasteiger charge is -2.24. The number of hydrogen-bond acceptors (Lipinski definition) is 4. The van der Waals surface area contributed by atoms with Crippen molar-refractivity contribution in [3.63, 3.8) is 0 Å². The minimum Gasteiger partial charge on any atom is -0.383 e. The SMILES string of the molecule is CCCCN(C(=O)c1ccc(Cl)c(Cl)c1)c1c(N)n(CCCC)c(=O)[nH]c1=O. The second-order valence-corrected chi connectivity index (χ2v) is 7.25. The summed E-state index contributed by atoms with van der Waals surface area (Å²) in [4.78, 5) is 41.5. The molecule has 152 valence electrons. The summed E-state index contributed by atoms with van der Waals surface area (Å²) in [6, 6.07) is 4.50. The molecule has 0 unspecified atom stereocenters. The largest absolute Gasteiger partial charge is 0.383 e. The van der Waals surface area contributed by atoms with Crippen LogP contribution in [0.5, 0.6) is 0 Å². The van der Waals surface area contributed by atoms with E-state index in [1.165, 1.54) is 27.7 Å². The summed E-state index contributed by atoms with van der Waals surface area (Å²) in [7, 11) is 0. The van der Waals surface area contributed by atoms with E-state index in [0.29, 0.717) is 24.4 Å². The van der Waals surface area contributed by atoms with Crippen molar-refractivity contribution in [2.24, 2.45) is 0 Å². The Morgan fingerprint density at radius 3 is 2.43 bits per heavy atom. The number of amides is 1. The summed E-state index contributed by atoms with van der Waals surface area (Å²) < 4.78 is 1.29. The van der Waals surface area contributed by atoms with Crippen LogP contribution in [0.4, 0.5) is 11.5 Å². The number of hydrogen-bond donors (Lipinski definition) is 2. The maximum Gasteiger partial charge on any atom is 0.330 e. The van der Waals surface area contributed by atoms with Crippen molar-refractivity contribution >= 4 is 40.6 Å². The first-order valence-electron chi connectivity index (χ1n) is 9.21. The molecule has 0 fully saturated rings. The Kier molecular flexibility index (Phi) is 7.71. The normalized spacial score (nSPS) is 10.9. The molecule has 3 N–H and O–H groups in total. The Labute approximate surface area is 173 Å². The molecule has 0 aliphatic rings. The number of aromatic nitrogens is 2. The molecule has 0 radical (unpaired) electrons. The van der Waals surface area contributed by atoms with E-state index >= 15 is 0 Å². The van der Waals surface area contributed by atoms with Gasteiger partial charge in [0.1, 0.15) is 5.82 Å². The quantitative estimate of drug-likeness (QED) is 0.671. The standard InChI is InChI=1S/C19H24Cl2N4O3/c1-3-5-9-24(18(27)12-7-8-13(20)14(21)11-12)15-16(22)25(10-6-4-2)19(28)23-17(15)26/h7-8,11H,3-6,9-10,22H2,1-2H3,(H,23,26,28). The maximum atomic E-state index is 13.2. The highest BCUT2D eigenvalue weighted by Gasteiger charge is 2.25. The van der Waals surface area contributed by atoms with Gasteiger partial charge >= 0.3 is 5.69 Å². The average molecular weight is 427 g/mol. The summed E-state index contributed by atoms with van der Waals surface area (Å²) in [5, 5.41) is 0.557. The molecule has 1 heterocycles. The van der Waals surface area contributed by atoms with Crippen molar-refractivity contribution in [2.75, 3.05) is 17.2 Å². The minimum atomic E-state index is -0.695. The number of unbranched alkanes of at least 4 members (excludes halogenated alkanes) is 2. The van der Waals surface area contributed by atoms with E-state index in [-0.39, 0.29) is 28.6 Å². The van der Waals surface area contributed by atoms with Crippen LogP contribution in [0.25, 0.3) is 0 Å². The summed E-state index contributed by atoms with van der Waals surface area (Å²) in [5.41, 5.74) is 5.14. The lowest BCUT2D eigenvalue weighted by atomic mass is 10.1. The number of aromatic amines is 1. The van der Waals surface area contributed by atoms with E-state index in [0.717, 1.165) is 12.8 Å². The van der Waals surface area contributed by atoms with Gasteiger partial charge in [0, 0.05) is 18.7 Å². The van der Waals surface area contributed by atoms with Gasteiger partial charge in [0.15, 0.2) is 5.69 Å². The molecule has 0 bridgehead atoms. The number of nitrogens with two attached hydrogens (primary N) is 1. The molecular formula is C19H24Cl2N4O3. The Morgan fingerprint density at radius 2 is 1.82 bits per heavy atom.